The molecular formula is C20H33N2O5Si+. The summed E-state index contributed by atoms with van der Waals surface area (Å²) in [5.41, 5.74) is 3.04. The molecule has 28 heavy (non-hydrogen) atoms. The molecule has 0 radical (unpaired) electrons. The number of amides is 2. The third-order valence-electron chi connectivity index (χ3n) is 5.90. The summed E-state index contributed by atoms with van der Waals surface area (Å²) in [6.45, 7) is 11.2. The van der Waals surface area contributed by atoms with Gasteiger partial charge in [0.05, 0.1) is 6.10 Å². The Labute approximate surface area is 168 Å². The van der Waals surface area contributed by atoms with Gasteiger partial charge in [-0.25, -0.2) is 0 Å². The maximum Gasteiger partial charge on any atom is 0.538 e. The Morgan fingerprint density at radius 3 is 2.29 bits per heavy atom. The summed E-state index contributed by atoms with van der Waals surface area (Å²) in [5.74, 6) is 0.265. The van der Waals surface area contributed by atoms with Crippen LogP contribution in [0.1, 0.15) is 50.4 Å². The molecule has 1 aromatic rings. The van der Waals surface area contributed by atoms with Gasteiger partial charge in [-0.15, -0.1) is 4.59 Å². The highest BCUT2D eigenvalue weighted by atomic mass is 28.4. The van der Waals surface area contributed by atoms with E-state index in [4.69, 9.17) is 4.43 Å². The van der Waals surface area contributed by atoms with Crippen LogP contribution in [0.25, 0.3) is 0 Å². The van der Waals surface area contributed by atoms with Crippen LogP contribution in [0.2, 0.25) is 18.1 Å². The number of carbonyl (C=O) groups excluding carboxylic acids is 1. The van der Waals surface area contributed by atoms with Crippen molar-refractivity contribution in [3.63, 3.8) is 0 Å². The molecule has 7 nitrogen and oxygen atoms in total. The van der Waals surface area contributed by atoms with Crippen LogP contribution in [0.15, 0.2) is 24.3 Å². The van der Waals surface area contributed by atoms with Crippen molar-refractivity contribution in [1.82, 2.24) is 5.43 Å². The summed E-state index contributed by atoms with van der Waals surface area (Å²) in [4.78, 5) is 24.6. The third-order valence-corrected chi connectivity index (χ3v) is 10.3. The van der Waals surface area contributed by atoms with Crippen LogP contribution < -0.4 is 9.85 Å². The monoisotopic (exact) mass is 409 g/mol. The van der Waals surface area contributed by atoms with E-state index < -0.39 is 31.0 Å². The lowest BCUT2D eigenvalue weighted by molar-refractivity contribution is -0.891. The topological polar surface area (TPSA) is 95.9 Å². The number of hydrogen-bond acceptors (Lipinski definition) is 4. The predicted octanol–water partition coefficient (Wildman–Crippen LogP) is 3.76. The predicted molar refractivity (Wildman–Crippen MR) is 110 cm³/mol. The molecule has 156 valence electrons. The van der Waals surface area contributed by atoms with Gasteiger partial charge >= 0.3 is 6.09 Å². The fourth-order valence-corrected chi connectivity index (χ4v) is 3.99. The number of quaternary nitrogens is 1. The molecule has 1 aromatic carbocycles. The minimum absolute atomic E-state index is 0.0679. The van der Waals surface area contributed by atoms with E-state index in [1.807, 2.05) is 0 Å². The molecule has 2 unspecified atom stereocenters. The van der Waals surface area contributed by atoms with E-state index in [2.05, 4.69) is 39.3 Å². The van der Waals surface area contributed by atoms with Gasteiger partial charge in [0, 0.05) is 18.4 Å². The number of benzene rings is 1. The van der Waals surface area contributed by atoms with Crippen molar-refractivity contribution in [3.05, 3.63) is 29.8 Å². The molecule has 1 aliphatic rings. The van der Waals surface area contributed by atoms with Crippen molar-refractivity contribution in [2.75, 3.05) is 13.1 Å². The smallest absolute Gasteiger partial charge is 0.538 e. The first-order valence-electron chi connectivity index (χ1n) is 9.77. The molecule has 1 heterocycles. The summed E-state index contributed by atoms with van der Waals surface area (Å²) < 4.78 is 5.66. The normalized spacial score (nSPS) is 23.6. The van der Waals surface area contributed by atoms with Crippen LogP contribution in [0.5, 0.6) is 5.75 Å². The number of hydrogen-bond donors (Lipinski definition) is 3. The van der Waals surface area contributed by atoms with Gasteiger partial charge in [0.25, 0.3) is 5.91 Å². The zero-order valence-corrected chi connectivity index (χ0v) is 18.5. The highest BCUT2D eigenvalue weighted by molar-refractivity contribution is 6.74. The number of nitrogens with one attached hydrogen (secondary N) is 1. The van der Waals surface area contributed by atoms with Crippen LogP contribution in [-0.2, 0) is 0 Å². The second kappa shape index (κ2) is 8.22. The van der Waals surface area contributed by atoms with Gasteiger partial charge in [-0.3, -0.25) is 4.79 Å². The number of carboxylic acid groups (broad SMARTS) is 1. The van der Waals surface area contributed by atoms with Crippen LogP contribution in [0.3, 0.4) is 0 Å². The molecule has 3 N–H and O–H groups in total. The Morgan fingerprint density at radius 2 is 1.75 bits per heavy atom. The molecule has 1 saturated heterocycles. The first-order chi connectivity index (χ1) is 12.9. The van der Waals surface area contributed by atoms with Gasteiger partial charge in [0.2, 0.25) is 8.32 Å². The van der Waals surface area contributed by atoms with E-state index in [-0.39, 0.29) is 18.1 Å². The average Bonchev–Trinajstić information content (AvgIpc) is 2.77. The maximum absolute atomic E-state index is 12.7. The molecular weight excluding hydrogens is 376 g/mol. The van der Waals surface area contributed by atoms with Crippen molar-refractivity contribution in [3.8, 4) is 5.75 Å². The molecule has 0 saturated carbocycles. The highest BCUT2D eigenvalue weighted by Gasteiger charge is 2.42. The van der Waals surface area contributed by atoms with Crippen molar-refractivity contribution in [2.24, 2.45) is 0 Å². The van der Waals surface area contributed by atoms with Crippen molar-refractivity contribution >= 4 is 20.3 Å². The summed E-state index contributed by atoms with van der Waals surface area (Å²) in [7, 11) is -1.97. The second-order valence-corrected chi connectivity index (χ2v) is 13.8. The third kappa shape index (κ3) is 5.12. The van der Waals surface area contributed by atoms with E-state index in [0.29, 0.717) is 30.6 Å². The molecule has 8 heteroatoms. The van der Waals surface area contributed by atoms with Crippen molar-refractivity contribution in [2.45, 2.75) is 64.3 Å². The Kier molecular flexibility index (Phi) is 6.57. The summed E-state index contributed by atoms with van der Waals surface area (Å²) in [6, 6.07) is 6.82. The second-order valence-electron chi connectivity index (χ2n) is 9.11. The Bertz CT molecular complexity index is 714. The lowest BCUT2D eigenvalue weighted by Crippen LogP contribution is -2.63. The molecule has 1 fully saturated rings. The number of carbonyl (C=O) groups is 2. The van der Waals surface area contributed by atoms with Gasteiger partial charge in [-0.05, 0) is 48.8 Å². The maximum atomic E-state index is 12.7. The Morgan fingerprint density at radius 1 is 1.14 bits per heavy atom. The Balaban J connectivity index is 2.12. The fraction of sp³-hybridized carbons (Fsp3) is 0.600. The molecule has 2 amide bonds. The Hall–Kier alpha value is -1.90. The fourth-order valence-electron chi connectivity index (χ4n) is 2.95. The molecule has 0 spiro atoms. The standard InChI is InChI=1S/C20H32N2O5Si/c1-20(2,3)28(4,5)27-17-10-8-15(9-11-17)18(24)21-22(19(25)26)13-6-7-16(23)12-14-22/h8-11,16,23H,6-7,12-14H2,1-5H3,(H-,21,24,25,26)/p+1. The molecule has 0 aromatic heterocycles. The van der Waals surface area contributed by atoms with Crippen LogP contribution in [-0.4, -0.2) is 54.3 Å². The van der Waals surface area contributed by atoms with Gasteiger partial charge in [0.15, 0.2) is 0 Å². The average molecular weight is 410 g/mol. The first-order valence-corrected chi connectivity index (χ1v) is 12.7. The van der Waals surface area contributed by atoms with E-state index in [1.165, 1.54) is 0 Å². The van der Waals surface area contributed by atoms with Crippen LogP contribution in [0.4, 0.5) is 4.79 Å². The van der Waals surface area contributed by atoms with Crippen molar-refractivity contribution in [1.29, 1.82) is 0 Å². The molecule has 1 aliphatic heterocycles. The number of likely N-dealkylation sites (tertiary alicyclic amines) is 1. The van der Waals surface area contributed by atoms with Crippen LogP contribution >= 0.6 is 0 Å². The first kappa shape index (κ1) is 22.4. The van der Waals surface area contributed by atoms with Crippen LogP contribution in [0, 0.1) is 0 Å². The van der Waals surface area contributed by atoms with Crippen molar-refractivity contribution < 1.29 is 28.8 Å². The highest BCUT2D eigenvalue weighted by Crippen LogP contribution is 2.37. The number of aliphatic hydroxyl groups excluding tert-OH is 1. The summed E-state index contributed by atoms with van der Waals surface area (Å²) >= 11 is 0. The summed E-state index contributed by atoms with van der Waals surface area (Å²) in [6.07, 6.45) is -0.218. The largest absolute Gasteiger partial charge is 0.544 e. The minimum Gasteiger partial charge on any atom is -0.544 e. The lowest BCUT2D eigenvalue weighted by atomic mass is 10.2. The van der Waals surface area contributed by atoms with Gasteiger partial charge in [0.1, 0.15) is 18.8 Å². The quantitative estimate of drug-likeness (QED) is 0.522. The SMILES string of the molecule is CC(C)(C)[Si](C)(C)Oc1ccc(C(=O)N[N+]2(C(=O)O)CCCC(O)CC2)cc1. The van der Waals surface area contributed by atoms with Gasteiger partial charge in [-0.1, -0.05) is 20.8 Å². The number of rotatable bonds is 3. The van der Waals surface area contributed by atoms with E-state index in [1.54, 1.807) is 24.3 Å². The van der Waals surface area contributed by atoms with Gasteiger partial charge in [-0.2, -0.15) is 10.2 Å². The molecule has 2 atom stereocenters. The summed E-state index contributed by atoms with van der Waals surface area (Å²) in [5, 5.41) is 19.6. The van der Waals surface area contributed by atoms with E-state index >= 15 is 0 Å². The van der Waals surface area contributed by atoms with E-state index in [9.17, 15) is 19.8 Å². The molecule has 0 bridgehead atoms. The lowest BCUT2D eigenvalue weighted by Gasteiger charge is -2.36. The van der Waals surface area contributed by atoms with Gasteiger partial charge < -0.3 is 14.6 Å². The zero-order chi connectivity index (χ0) is 21.2. The molecule has 0 aliphatic carbocycles. The molecule has 2 rings (SSSR count). The number of aliphatic hydroxyl groups is 1. The number of nitrogens with zero attached hydrogens (tertiary/aromatic N) is 1. The zero-order valence-electron chi connectivity index (χ0n) is 17.5. The van der Waals surface area contributed by atoms with E-state index in [0.717, 1.165) is 0 Å². The minimum atomic E-state index is -1.97.